The lowest BCUT2D eigenvalue weighted by atomic mass is 9.75. The highest BCUT2D eigenvalue weighted by Crippen LogP contribution is 2.28. The maximum Gasteiger partial charge on any atom is 0.189 e. The van der Waals surface area contributed by atoms with Crippen LogP contribution in [0.4, 0.5) is 0 Å². The molecule has 6 nitrogen and oxygen atoms in total. The van der Waals surface area contributed by atoms with Gasteiger partial charge < -0.3 is 15.3 Å². The van der Waals surface area contributed by atoms with Gasteiger partial charge in [0.15, 0.2) is 35.2 Å². The van der Waals surface area contributed by atoms with Crippen molar-refractivity contribution < 1.29 is 29.7 Å². The zero-order chi connectivity index (χ0) is 16.8. The first-order valence-electron chi connectivity index (χ1n) is 7.28. The van der Waals surface area contributed by atoms with E-state index in [1.807, 2.05) is 13.8 Å². The predicted molar refractivity (Wildman–Crippen MR) is 76.6 cm³/mol. The minimum atomic E-state index is -2.79. The number of Topliss-reactive ketones (excluding diaryl/α,β-unsaturated/α-hetero) is 3. The predicted octanol–water partition coefficient (Wildman–Crippen LogP) is 0.403. The summed E-state index contributed by atoms with van der Waals surface area (Å²) in [5.41, 5.74) is -2.79. The van der Waals surface area contributed by atoms with Crippen LogP contribution in [0, 0.1) is 5.92 Å². The summed E-state index contributed by atoms with van der Waals surface area (Å²) in [4.78, 5) is 35.3. The molecule has 0 fully saturated rings. The smallest absolute Gasteiger partial charge is 0.189 e. The van der Waals surface area contributed by atoms with Crippen LogP contribution in [-0.2, 0) is 14.4 Å². The lowest BCUT2D eigenvalue weighted by Gasteiger charge is -2.36. The molecule has 2 unspecified atom stereocenters. The minimum absolute atomic E-state index is 0.449. The maximum absolute atomic E-state index is 12.6. The number of hydrogen-bond donors (Lipinski definition) is 3. The van der Waals surface area contributed by atoms with E-state index in [0.717, 1.165) is 13.8 Å². The third kappa shape index (κ3) is 4.43. The molecule has 0 saturated heterocycles. The second kappa shape index (κ2) is 8.36. The summed E-state index contributed by atoms with van der Waals surface area (Å²) in [6.07, 6.45) is -2.02. The van der Waals surface area contributed by atoms with Crippen molar-refractivity contribution >= 4 is 17.3 Å². The summed E-state index contributed by atoms with van der Waals surface area (Å²) < 4.78 is 0. The molecule has 3 N–H and O–H groups in total. The molecule has 0 spiro atoms. The van der Waals surface area contributed by atoms with Gasteiger partial charge in [-0.15, -0.1) is 0 Å². The van der Waals surface area contributed by atoms with Crippen molar-refractivity contribution in [2.45, 2.75) is 71.2 Å². The van der Waals surface area contributed by atoms with E-state index in [1.54, 1.807) is 0 Å². The van der Waals surface area contributed by atoms with Gasteiger partial charge >= 0.3 is 0 Å². The first-order chi connectivity index (χ1) is 9.64. The van der Waals surface area contributed by atoms with Crippen LogP contribution in [0.25, 0.3) is 0 Å². The fourth-order valence-electron chi connectivity index (χ4n) is 2.47. The zero-order valence-corrected chi connectivity index (χ0v) is 13.1. The molecule has 0 aliphatic rings. The lowest BCUT2D eigenvalue weighted by Crippen LogP contribution is -2.64. The van der Waals surface area contributed by atoms with E-state index < -0.39 is 41.1 Å². The Kier molecular flexibility index (Phi) is 7.92. The topological polar surface area (TPSA) is 112 Å². The first-order valence-corrected chi connectivity index (χ1v) is 7.28. The van der Waals surface area contributed by atoms with Crippen molar-refractivity contribution in [2.24, 2.45) is 5.92 Å². The van der Waals surface area contributed by atoms with E-state index in [9.17, 15) is 29.7 Å². The Balaban J connectivity index is 5.71. The van der Waals surface area contributed by atoms with Gasteiger partial charge in [0.25, 0.3) is 0 Å². The number of aliphatic hydroxyl groups is 3. The highest BCUT2D eigenvalue weighted by molar-refractivity contribution is 6.01. The average Bonchev–Trinajstić information content (AvgIpc) is 2.43. The van der Waals surface area contributed by atoms with Gasteiger partial charge in [-0.25, -0.2) is 0 Å². The summed E-state index contributed by atoms with van der Waals surface area (Å²) in [6.45, 7) is 5.70. The normalized spacial score (nSPS) is 17.1. The lowest BCUT2D eigenvalue weighted by molar-refractivity contribution is -0.183. The first kappa shape index (κ1) is 19.9. The number of hydrogen-bond acceptors (Lipinski definition) is 6. The van der Waals surface area contributed by atoms with Gasteiger partial charge in [0, 0.05) is 5.92 Å². The standard InChI is InChI=1S/C15H26O6/c1-5-7-11(8-6-2)14(20)15(21,12(18)9(3)16)13(19)10(4)17/h11-13,18-19,21H,5-8H2,1-4H3. The van der Waals surface area contributed by atoms with Crippen LogP contribution >= 0.6 is 0 Å². The van der Waals surface area contributed by atoms with Gasteiger partial charge in [0.1, 0.15) is 0 Å². The minimum Gasteiger partial charge on any atom is -0.382 e. The molecule has 21 heavy (non-hydrogen) atoms. The second-order valence-electron chi connectivity index (χ2n) is 5.49. The van der Waals surface area contributed by atoms with E-state index >= 15 is 0 Å². The Hall–Kier alpha value is -1.11. The fourth-order valence-corrected chi connectivity index (χ4v) is 2.47. The summed E-state index contributed by atoms with van der Waals surface area (Å²) in [6, 6.07) is 0. The summed E-state index contributed by atoms with van der Waals surface area (Å²) in [5.74, 6) is -3.22. The molecule has 6 heteroatoms. The van der Waals surface area contributed by atoms with Crippen molar-refractivity contribution in [1.29, 1.82) is 0 Å². The molecule has 122 valence electrons. The van der Waals surface area contributed by atoms with Gasteiger partial charge in [-0.1, -0.05) is 26.7 Å². The molecule has 0 aromatic carbocycles. The van der Waals surface area contributed by atoms with E-state index in [4.69, 9.17) is 0 Å². The van der Waals surface area contributed by atoms with Crippen LogP contribution in [0.3, 0.4) is 0 Å². The van der Waals surface area contributed by atoms with Gasteiger partial charge in [0.2, 0.25) is 0 Å². The van der Waals surface area contributed by atoms with Crippen molar-refractivity contribution in [3.05, 3.63) is 0 Å². The number of ketones is 3. The van der Waals surface area contributed by atoms with Crippen LogP contribution < -0.4 is 0 Å². The molecule has 0 heterocycles. The molecule has 0 aliphatic carbocycles. The highest BCUT2D eigenvalue weighted by Gasteiger charge is 2.54. The van der Waals surface area contributed by atoms with Crippen molar-refractivity contribution in [1.82, 2.24) is 0 Å². The molecule has 0 rings (SSSR count). The van der Waals surface area contributed by atoms with Gasteiger partial charge in [-0.05, 0) is 26.7 Å². The quantitative estimate of drug-likeness (QED) is 0.538. The molecule has 0 aliphatic heterocycles. The largest absolute Gasteiger partial charge is 0.382 e. The number of rotatable bonds is 10. The second-order valence-corrected chi connectivity index (χ2v) is 5.49. The Morgan fingerprint density at radius 1 is 0.905 bits per heavy atom. The zero-order valence-electron chi connectivity index (χ0n) is 13.1. The van der Waals surface area contributed by atoms with Gasteiger partial charge in [0.05, 0.1) is 0 Å². The van der Waals surface area contributed by atoms with E-state index in [0.29, 0.717) is 25.7 Å². The van der Waals surface area contributed by atoms with Crippen LogP contribution in [0.1, 0.15) is 53.4 Å². The molecule has 0 aromatic rings. The Labute approximate surface area is 125 Å². The van der Waals surface area contributed by atoms with Crippen molar-refractivity contribution in [3.63, 3.8) is 0 Å². The molecule has 0 bridgehead atoms. The molecular formula is C15H26O6. The van der Waals surface area contributed by atoms with Crippen LogP contribution in [0.5, 0.6) is 0 Å². The van der Waals surface area contributed by atoms with Crippen LogP contribution in [-0.4, -0.2) is 50.5 Å². The number of carbonyl (C=O) groups is 3. The third-order valence-electron chi connectivity index (χ3n) is 3.64. The Morgan fingerprint density at radius 2 is 1.24 bits per heavy atom. The average molecular weight is 302 g/mol. The van der Waals surface area contributed by atoms with E-state index in [2.05, 4.69) is 0 Å². The Bertz CT molecular complexity index is 364. The number of aliphatic hydroxyl groups excluding tert-OH is 2. The van der Waals surface area contributed by atoms with Crippen LogP contribution in [0.2, 0.25) is 0 Å². The molecule has 2 atom stereocenters. The maximum atomic E-state index is 12.6. The van der Waals surface area contributed by atoms with E-state index in [1.165, 1.54) is 0 Å². The fraction of sp³-hybridized carbons (Fsp3) is 0.800. The van der Waals surface area contributed by atoms with Gasteiger partial charge in [-0.3, -0.25) is 14.4 Å². The summed E-state index contributed by atoms with van der Waals surface area (Å²) in [7, 11) is 0. The molecular weight excluding hydrogens is 276 g/mol. The van der Waals surface area contributed by atoms with Crippen molar-refractivity contribution in [2.75, 3.05) is 0 Å². The highest BCUT2D eigenvalue weighted by atomic mass is 16.4. The molecule has 0 radical (unpaired) electrons. The number of carbonyl (C=O) groups excluding carboxylic acids is 3. The monoisotopic (exact) mass is 302 g/mol. The SMILES string of the molecule is CCCC(CCC)C(=O)C(O)(C(O)C(C)=O)C(O)C(C)=O. The summed E-state index contributed by atoms with van der Waals surface area (Å²) in [5, 5.41) is 30.3. The summed E-state index contributed by atoms with van der Waals surface area (Å²) >= 11 is 0. The molecule has 0 saturated carbocycles. The molecule has 0 aromatic heterocycles. The van der Waals surface area contributed by atoms with Gasteiger partial charge in [-0.2, -0.15) is 0 Å². The van der Waals surface area contributed by atoms with E-state index in [-0.39, 0.29) is 0 Å². The van der Waals surface area contributed by atoms with Crippen LogP contribution in [0.15, 0.2) is 0 Å². The van der Waals surface area contributed by atoms with Crippen molar-refractivity contribution in [3.8, 4) is 0 Å². The Morgan fingerprint density at radius 3 is 1.48 bits per heavy atom. The molecule has 0 amide bonds. The third-order valence-corrected chi connectivity index (χ3v) is 3.64.